The molecule has 0 saturated carbocycles. The molecule has 0 fully saturated rings. The standard InChI is InChI=1S/C25H31N3/c1-16-10-7-11-17(2)24(16)26-20(5)22-14-9-15-23(28-22)21(6)27-25-18(3)12-8-13-19(25)4/h7-10,12,14-15,17,19H,11,13H2,1-6H3. The van der Waals surface area contributed by atoms with Crippen LogP contribution in [0.4, 0.5) is 0 Å². The van der Waals surface area contributed by atoms with Crippen LogP contribution < -0.4 is 0 Å². The van der Waals surface area contributed by atoms with Gasteiger partial charge < -0.3 is 0 Å². The van der Waals surface area contributed by atoms with E-state index in [9.17, 15) is 0 Å². The van der Waals surface area contributed by atoms with Crippen molar-refractivity contribution in [1.29, 1.82) is 0 Å². The third-order valence-electron chi connectivity index (χ3n) is 5.52. The lowest BCUT2D eigenvalue weighted by Gasteiger charge is -2.18. The van der Waals surface area contributed by atoms with Crippen LogP contribution in [-0.4, -0.2) is 16.4 Å². The third-order valence-corrected chi connectivity index (χ3v) is 5.52. The molecular formula is C25H31N3. The average Bonchev–Trinajstić information content (AvgIpc) is 2.67. The van der Waals surface area contributed by atoms with E-state index in [1.54, 1.807) is 0 Å². The number of hydrogen-bond donors (Lipinski definition) is 0. The molecule has 2 atom stereocenters. The lowest BCUT2D eigenvalue weighted by atomic mass is 9.94. The van der Waals surface area contributed by atoms with Gasteiger partial charge in [0.2, 0.25) is 0 Å². The minimum atomic E-state index is 0.446. The van der Waals surface area contributed by atoms with E-state index in [2.05, 4.69) is 52.0 Å². The molecule has 28 heavy (non-hydrogen) atoms. The van der Waals surface area contributed by atoms with Gasteiger partial charge in [-0.15, -0.1) is 0 Å². The van der Waals surface area contributed by atoms with Crippen molar-refractivity contribution in [3.05, 3.63) is 76.4 Å². The Morgan fingerprint density at radius 3 is 1.64 bits per heavy atom. The Hall–Kier alpha value is -2.55. The summed E-state index contributed by atoms with van der Waals surface area (Å²) < 4.78 is 0. The highest BCUT2D eigenvalue weighted by Crippen LogP contribution is 2.27. The molecule has 0 aromatic carbocycles. The molecule has 0 radical (unpaired) electrons. The fraction of sp³-hybridized carbons (Fsp3) is 0.400. The van der Waals surface area contributed by atoms with Crippen molar-refractivity contribution in [3.63, 3.8) is 0 Å². The highest BCUT2D eigenvalue weighted by atomic mass is 14.9. The smallest absolute Gasteiger partial charge is 0.0849 e. The van der Waals surface area contributed by atoms with Gasteiger partial charge in [-0.3, -0.25) is 9.98 Å². The Balaban J connectivity index is 1.92. The largest absolute Gasteiger partial charge is 0.255 e. The van der Waals surface area contributed by atoms with Gasteiger partial charge in [-0.05, 0) is 63.8 Å². The van der Waals surface area contributed by atoms with Crippen LogP contribution in [0.15, 0.2) is 75.0 Å². The summed E-state index contributed by atoms with van der Waals surface area (Å²) in [4.78, 5) is 14.7. The molecule has 3 rings (SSSR count). The maximum absolute atomic E-state index is 4.93. The van der Waals surface area contributed by atoms with E-state index in [1.807, 2.05) is 32.0 Å². The second kappa shape index (κ2) is 8.64. The highest BCUT2D eigenvalue weighted by Gasteiger charge is 2.15. The average molecular weight is 374 g/mol. The quantitative estimate of drug-likeness (QED) is 0.560. The van der Waals surface area contributed by atoms with E-state index in [0.29, 0.717) is 11.8 Å². The highest BCUT2D eigenvalue weighted by molar-refractivity contribution is 6.01. The Labute approximate surface area is 169 Å². The molecule has 3 heteroatoms. The number of rotatable bonds is 4. The molecule has 1 aromatic heterocycles. The van der Waals surface area contributed by atoms with Crippen LogP contribution in [0.2, 0.25) is 0 Å². The predicted octanol–water partition coefficient (Wildman–Crippen LogP) is 6.44. The first-order valence-electron chi connectivity index (χ1n) is 10.2. The van der Waals surface area contributed by atoms with Gasteiger partial charge >= 0.3 is 0 Å². The van der Waals surface area contributed by atoms with Crippen molar-refractivity contribution in [1.82, 2.24) is 4.98 Å². The minimum absolute atomic E-state index is 0.446. The summed E-state index contributed by atoms with van der Waals surface area (Å²) in [6.45, 7) is 12.8. The lowest BCUT2D eigenvalue weighted by molar-refractivity contribution is 0.669. The molecule has 3 nitrogen and oxygen atoms in total. The summed E-state index contributed by atoms with van der Waals surface area (Å²) in [6, 6.07) is 6.11. The van der Waals surface area contributed by atoms with Crippen molar-refractivity contribution in [2.75, 3.05) is 0 Å². The maximum Gasteiger partial charge on any atom is 0.0849 e. The number of aromatic nitrogens is 1. The molecule has 0 aliphatic heterocycles. The van der Waals surface area contributed by atoms with Crippen LogP contribution in [0.1, 0.15) is 65.8 Å². The third kappa shape index (κ3) is 4.46. The molecule has 2 aliphatic rings. The maximum atomic E-state index is 4.93. The number of pyridine rings is 1. The fourth-order valence-corrected chi connectivity index (χ4v) is 3.78. The van der Waals surface area contributed by atoms with Crippen molar-refractivity contribution in [2.45, 2.75) is 54.4 Å². The number of hydrogen-bond acceptors (Lipinski definition) is 3. The minimum Gasteiger partial charge on any atom is -0.255 e. The van der Waals surface area contributed by atoms with Gasteiger partial charge in [0, 0.05) is 23.2 Å². The molecule has 0 N–H and O–H groups in total. The fourth-order valence-electron chi connectivity index (χ4n) is 3.78. The Morgan fingerprint density at radius 1 is 0.821 bits per heavy atom. The van der Waals surface area contributed by atoms with Crippen molar-refractivity contribution < 1.29 is 0 Å². The Kier molecular flexibility index (Phi) is 6.23. The van der Waals surface area contributed by atoms with Crippen LogP contribution >= 0.6 is 0 Å². The van der Waals surface area contributed by atoms with Crippen LogP contribution in [0.3, 0.4) is 0 Å². The number of allylic oxidation sites excluding steroid dienone is 8. The SMILES string of the molecule is CC(=NC1=C(C)C=CCC1C)c1cccc(C(C)=NC2=C(C)C=CCC2C)n1. The predicted molar refractivity (Wildman–Crippen MR) is 120 cm³/mol. The zero-order chi connectivity index (χ0) is 20.3. The number of aliphatic imine (C=N–C) groups is 2. The van der Waals surface area contributed by atoms with Crippen molar-refractivity contribution >= 4 is 11.4 Å². The van der Waals surface area contributed by atoms with Gasteiger partial charge in [0.05, 0.1) is 22.8 Å². The Bertz CT molecular complexity index is 865. The van der Waals surface area contributed by atoms with Gasteiger partial charge in [0.1, 0.15) is 0 Å². The molecule has 1 aromatic rings. The zero-order valence-electron chi connectivity index (χ0n) is 18.0. The van der Waals surface area contributed by atoms with Crippen molar-refractivity contribution in [3.8, 4) is 0 Å². The van der Waals surface area contributed by atoms with E-state index < -0.39 is 0 Å². The van der Waals surface area contributed by atoms with Gasteiger partial charge in [-0.1, -0.05) is 44.2 Å². The summed E-state index contributed by atoms with van der Waals surface area (Å²) in [5.41, 5.74) is 8.56. The number of nitrogens with zero attached hydrogens (tertiary/aromatic N) is 3. The second-order valence-corrected chi connectivity index (χ2v) is 8.02. The van der Waals surface area contributed by atoms with E-state index in [0.717, 1.165) is 35.7 Å². The first-order chi connectivity index (χ1) is 13.4. The van der Waals surface area contributed by atoms with Gasteiger partial charge in [-0.2, -0.15) is 0 Å². The van der Waals surface area contributed by atoms with E-state index in [4.69, 9.17) is 15.0 Å². The molecule has 0 spiro atoms. The normalized spacial score (nSPS) is 23.6. The molecular weight excluding hydrogens is 342 g/mol. The molecule has 146 valence electrons. The molecule has 1 heterocycles. The Morgan fingerprint density at radius 2 is 1.25 bits per heavy atom. The van der Waals surface area contributed by atoms with E-state index in [1.165, 1.54) is 22.5 Å². The summed E-state index contributed by atoms with van der Waals surface area (Å²) in [6.07, 6.45) is 10.9. The van der Waals surface area contributed by atoms with Crippen LogP contribution in [0.25, 0.3) is 0 Å². The second-order valence-electron chi connectivity index (χ2n) is 8.02. The van der Waals surface area contributed by atoms with Crippen LogP contribution in [0.5, 0.6) is 0 Å². The molecule has 2 aliphatic carbocycles. The molecule has 0 bridgehead atoms. The molecule has 0 amide bonds. The summed E-state index contributed by atoms with van der Waals surface area (Å²) in [5.74, 6) is 0.893. The molecule has 0 saturated heterocycles. The van der Waals surface area contributed by atoms with Crippen LogP contribution in [0, 0.1) is 11.8 Å². The van der Waals surface area contributed by atoms with Gasteiger partial charge in [-0.25, -0.2) is 4.98 Å². The van der Waals surface area contributed by atoms with Crippen LogP contribution in [-0.2, 0) is 0 Å². The monoisotopic (exact) mass is 373 g/mol. The molecule has 2 unspecified atom stereocenters. The lowest BCUT2D eigenvalue weighted by Crippen LogP contribution is -2.10. The zero-order valence-corrected chi connectivity index (χ0v) is 18.0. The van der Waals surface area contributed by atoms with Gasteiger partial charge in [0.15, 0.2) is 0 Å². The topological polar surface area (TPSA) is 37.6 Å². The summed E-state index contributed by atoms with van der Waals surface area (Å²) in [5, 5.41) is 0. The van der Waals surface area contributed by atoms with E-state index >= 15 is 0 Å². The van der Waals surface area contributed by atoms with E-state index in [-0.39, 0.29) is 0 Å². The first-order valence-corrected chi connectivity index (χ1v) is 10.2. The van der Waals surface area contributed by atoms with Gasteiger partial charge in [0.25, 0.3) is 0 Å². The first kappa shape index (κ1) is 20.2. The summed E-state index contributed by atoms with van der Waals surface area (Å²) in [7, 11) is 0. The summed E-state index contributed by atoms with van der Waals surface area (Å²) >= 11 is 0. The van der Waals surface area contributed by atoms with Crippen molar-refractivity contribution in [2.24, 2.45) is 21.8 Å².